The number of carbonyl (C=O) groups excluding carboxylic acids is 1. The molecule has 1 heterocycles. The van der Waals surface area contributed by atoms with Crippen LogP contribution in [0.5, 0.6) is 5.75 Å². The fourth-order valence-corrected chi connectivity index (χ4v) is 3.39. The Hall–Kier alpha value is -3.67. The highest BCUT2D eigenvalue weighted by atomic mass is 35.5. The molecule has 2 N–H and O–H groups in total. The highest BCUT2D eigenvalue weighted by molar-refractivity contribution is 6.30. The lowest BCUT2D eigenvalue weighted by molar-refractivity contribution is -0.123. The summed E-state index contributed by atoms with van der Waals surface area (Å²) in [6.07, 6.45) is 1.79. The molecule has 1 amide bonds. The zero-order valence-corrected chi connectivity index (χ0v) is 18.3. The van der Waals surface area contributed by atoms with Crippen molar-refractivity contribution in [2.75, 3.05) is 7.05 Å². The van der Waals surface area contributed by atoms with Gasteiger partial charge in [0, 0.05) is 23.0 Å². The number of rotatable bonds is 6. The van der Waals surface area contributed by atoms with Gasteiger partial charge in [-0.2, -0.15) is 0 Å². The molecule has 0 aliphatic rings. The lowest BCUT2D eigenvalue weighted by Crippen LogP contribution is -2.33. The topological polar surface area (TPSA) is 68.5 Å². The molecule has 0 saturated heterocycles. The molecule has 0 fully saturated rings. The number of hydrogen-bond donors (Lipinski definition) is 1. The number of hydrogen-bond acceptors (Lipinski definition) is 4. The van der Waals surface area contributed by atoms with Gasteiger partial charge in [0.15, 0.2) is 0 Å². The maximum absolute atomic E-state index is 12.7. The summed E-state index contributed by atoms with van der Waals surface area (Å²) in [7, 11) is 1.52. The van der Waals surface area contributed by atoms with Crippen molar-refractivity contribution in [3.63, 3.8) is 0 Å². The van der Waals surface area contributed by atoms with Gasteiger partial charge in [0.05, 0.1) is 11.2 Å². The molecule has 6 heteroatoms. The van der Waals surface area contributed by atoms with Crippen LogP contribution in [0.1, 0.15) is 16.8 Å². The fraction of sp³-hybridized carbons (Fsp3) is 0.0769. The highest BCUT2D eigenvalue weighted by Crippen LogP contribution is 2.24. The quantitative estimate of drug-likeness (QED) is 0.143. The van der Waals surface area contributed by atoms with Crippen molar-refractivity contribution in [2.45, 2.75) is 6.61 Å². The van der Waals surface area contributed by atoms with Crippen molar-refractivity contribution in [2.24, 2.45) is 5.84 Å². The van der Waals surface area contributed by atoms with Gasteiger partial charge in [-0.1, -0.05) is 60.1 Å². The lowest BCUT2D eigenvalue weighted by atomic mass is 10.0. The minimum Gasteiger partial charge on any atom is -0.487 e. The molecule has 3 aromatic carbocycles. The van der Waals surface area contributed by atoms with Crippen molar-refractivity contribution in [1.82, 2.24) is 9.99 Å². The van der Waals surface area contributed by atoms with Crippen LogP contribution in [0.15, 0.2) is 84.9 Å². The minimum atomic E-state index is -0.297. The number of benzene rings is 3. The second-order valence-electron chi connectivity index (χ2n) is 7.33. The van der Waals surface area contributed by atoms with Crippen molar-refractivity contribution in [3.8, 4) is 5.75 Å². The Balaban J connectivity index is 1.52. The van der Waals surface area contributed by atoms with E-state index in [0.29, 0.717) is 23.0 Å². The number of pyridine rings is 1. The van der Waals surface area contributed by atoms with Crippen molar-refractivity contribution in [3.05, 3.63) is 107 Å². The summed E-state index contributed by atoms with van der Waals surface area (Å²) < 4.78 is 5.90. The molecule has 160 valence electrons. The summed E-state index contributed by atoms with van der Waals surface area (Å²) in [6, 6.07) is 26.5. The van der Waals surface area contributed by atoms with Crippen LogP contribution < -0.4 is 10.6 Å². The Kier molecular flexibility index (Phi) is 6.50. The monoisotopic (exact) mass is 443 g/mol. The van der Waals surface area contributed by atoms with Crippen LogP contribution >= 0.6 is 11.6 Å². The number of para-hydroxylation sites is 1. The summed E-state index contributed by atoms with van der Waals surface area (Å²) in [5.41, 5.74) is 3.84. The normalized spacial score (nSPS) is 11.4. The first-order chi connectivity index (χ1) is 15.5. The second kappa shape index (κ2) is 9.64. The standard InChI is InChI=1S/C26H22ClN3O2/c1-30(28)26(31)24(16-18-6-11-21(27)12-7-18)19-9-14-23(15-10-19)32-17-22-13-8-20-4-2-3-5-25(20)29-22/h2-16H,17,28H2,1H3/b24-16+. The molecule has 0 radical (unpaired) electrons. The number of halogens is 1. The van der Waals surface area contributed by atoms with E-state index in [0.717, 1.165) is 32.7 Å². The Labute approximate surface area is 191 Å². The number of nitrogens with zero attached hydrogens (tertiary/aromatic N) is 2. The van der Waals surface area contributed by atoms with Gasteiger partial charge in [-0.05, 0) is 53.6 Å². The molecular formula is C26H22ClN3O2. The summed E-state index contributed by atoms with van der Waals surface area (Å²) in [6.45, 7) is 0.349. The molecule has 0 bridgehead atoms. The van der Waals surface area contributed by atoms with E-state index in [1.165, 1.54) is 7.05 Å². The molecule has 32 heavy (non-hydrogen) atoms. The van der Waals surface area contributed by atoms with Gasteiger partial charge in [-0.15, -0.1) is 0 Å². The van der Waals surface area contributed by atoms with E-state index in [2.05, 4.69) is 4.98 Å². The summed E-state index contributed by atoms with van der Waals surface area (Å²) in [5, 5.41) is 2.79. The number of nitrogens with two attached hydrogens (primary N) is 1. The Morgan fingerprint density at radius 1 is 1.00 bits per heavy atom. The molecule has 0 aliphatic carbocycles. The second-order valence-corrected chi connectivity index (χ2v) is 7.77. The first-order valence-electron chi connectivity index (χ1n) is 10.1. The molecule has 0 saturated carbocycles. The van der Waals surface area contributed by atoms with Gasteiger partial charge in [-0.3, -0.25) is 9.80 Å². The molecule has 5 nitrogen and oxygen atoms in total. The highest BCUT2D eigenvalue weighted by Gasteiger charge is 2.15. The molecule has 0 unspecified atom stereocenters. The van der Waals surface area contributed by atoms with Crippen LogP contribution in [0, 0.1) is 0 Å². The number of fused-ring (bicyclic) bond motifs is 1. The number of likely N-dealkylation sites (N-methyl/N-ethyl adjacent to an activating group) is 1. The molecule has 4 aromatic rings. The SMILES string of the molecule is CN(N)C(=O)/C(=C/c1ccc(Cl)cc1)c1ccc(OCc2ccc3ccccc3n2)cc1. The van der Waals surface area contributed by atoms with Gasteiger partial charge < -0.3 is 4.74 Å². The van der Waals surface area contributed by atoms with Crippen LogP contribution in [-0.2, 0) is 11.4 Å². The smallest absolute Gasteiger partial charge is 0.268 e. The number of carbonyl (C=O) groups is 1. The van der Waals surface area contributed by atoms with E-state index in [1.54, 1.807) is 18.2 Å². The average Bonchev–Trinajstić information content (AvgIpc) is 2.82. The summed E-state index contributed by atoms with van der Waals surface area (Å²) >= 11 is 5.96. The van der Waals surface area contributed by atoms with Gasteiger partial charge in [0.1, 0.15) is 12.4 Å². The van der Waals surface area contributed by atoms with Gasteiger partial charge in [-0.25, -0.2) is 10.8 Å². The zero-order chi connectivity index (χ0) is 22.5. The third-order valence-electron chi connectivity index (χ3n) is 4.94. The molecule has 0 atom stereocenters. The summed E-state index contributed by atoms with van der Waals surface area (Å²) in [5.74, 6) is 6.11. The predicted octanol–water partition coefficient (Wildman–Crippen LogP) is 5.34. The number of ether oxygens (including phenoxy) is 1. The Bertz CT molecular complexity index is 1270. The van der Waals surface area contributed by atoms with E-state index >= 15 is 0 Å². The first-order valence-corrected chi connectivity index (χ1v) is 10.5. The molecule has 1 aromatic heterocycles. The molecule has 0 aliphatic heterocycles. The molecular weight excluding hydrogens is 422 g/mol. The fourth-order valence-electron chi connectivity index (χ4n) is 3.26. The van der Waals surface area contributed by atoms with Gasteiger partial charge in [0.25, 0.3) is 5.91 Å². The Morgan fingerprint density at radius 2 is 1.72 bits per heavy atom. The Morgan fingerprint density at radius 3 is 2.44 bits per heavy atom. The van der Waals surface area contributed by atoms with Crippen molar-refractivity contribution in [1.29, 1.82) is 0 Å². The van der Waals surface area contributed by atoms with Crippen LogP contribution in [0.4, 0.5) is 0 Å². The van der Waals surface area contributed by atoms with E-state index in [4.69, 9.17) is 22.2 Å². The van der Waals surface area contributed by atoms with E-state index in [9.17, 15) is 4.79 Å². The zero-order valence-electron chi connectivity index (χ0n) is 17.5. The minimum absolute atomic E-state index is 0.297. The average molecular weight is 444 g/mol. The largest absolute Gasteiger partial charge is 0.487 e. The molecule has 0 spiro atoms. The van der Waals surface area contributed by atoms with Crippen molar-refractivity contribution < 1.29 is 9.53 Å². The van der Waals surface area contributed by atoms with E-state index < -0.39 is 0 Å². The van der Waals surface area contributed by atoms with E-state index in [-0.39, 0.29) is 5.91 Å². The maximum atomic E-state index is 12.7. The predicted molar refractivity (Wildman–Crippen MR) is 129 cm³/mol. The summed E-state index contributed by atoms with van der Waals surface area (Å²) in [4.78, 5) is 17.3. The first kappa shape index (κ1) is 21.6. The van der Waals surface area contributed by atoms with Crippen LogP contribution in [0.3, 0.4) is 0 Å². The van der Waals surface area contributed by atoms with Crippen LogP contribution in [0.25, 0.3) is 22.6 Å². The third kappa shape index (κ3) is 5.14. The van der Waals surface area contributed by atoms with Crippen LogP contribution in [0.2, 0.25) is 5.02 Å². The molecule has 4 rings (SSSR count). The van der Waals surface area contributed by atoms with Gasteiger partial charge in [0.2, 0.25) is 0 Å². The lowest BCUT2D eigenvalue weighted by Gasteiger charge is -2.14. The number of aromatic nitrogens is 1. The maximum Gasteiger partial charge on any atom is 0.268 e. The number of hydrazine groups is 1. The third-order valence-corrected chi connectivity index (χ3v) is 5.19. The van der Waals surface area contributed by atoms with Gasteiger partial charge >= 0.3 is 0 Å². The van der Waals surface area contributed by atoms with Crippen molar-refractivity contribution >= 4 is 40.1 Å². The van der Waals surface area contributed by atoms with Crippen LogP contribution in [-0.4, -0.2) is 22.9 Å². The van der Waals surface area contributed by atoms with E-state index in [1.807, 2.05) is 72.8 Å². The number of amides is 1.